The van der Waals surface area contributed by atoms with Crippen LogP contribution in [0.15, 0.2) is 53.0 Å². The lowest BCUT2D eigenvalue weighted by Gasteiger charge is -2.22. The summed E-state index contributed by atoms with van der Waals surface area (Å²) in [6.45, 7) is 0.878. The van der Waals surface area contributed by atoms with E-state index in [1.807, 2.05) is 0 Å². The number of halogens is 1. The average molecular weight is 355 g/mol. The molecule has 2 N–H and O–H groups in total. The molecule has 1 aromatic heterocycles. The second kappa shape index (κ2) is 5.56. The van der Waals surface area contributed by atoms with Gasteiger partial charge in [-0.25, -0.2) is 0 Å². The van der Waals surface area contributed by atoms with Gasteiger partial charge in [0.25, 0.3) is 0 Å². The van der Waals surface area contributed by atoms with Crippen molar-refractivity contribution < 1.29 is 0 Å². The van der Waals surface area contributed by atoms with Gasteiger partial charge in [0.2, 0.25) is 0 Å². The van der Waals surface area contributed by atoms with E-state index in [0.717, 1.165) is 23.9 Å². The summed E-state index contributed by atoms with van der Waals surface area (Å²) in [5.41, 5.74) is 11.9. The van der Waals surface area contributed by atoms with Crippen molar-refractivity contribution in [3.63, 3.8) is 0 Å². The molecule has 4 rings (SSSR count). The highest BCUT2D eigenvalue weighted by molar-refractivity contribution is 9.10. The van der Waals surface area contributed by atoms with Crippen molar-refractivity contribution in [3.8, 4) is 0 Å². The normalized spacial score (nSPS) is 17.6. The van der Waals surface area contributed by atoms with Crippen molar-refractivity contribution in [2.75, 3.05) is 0 Å². The smallest absolute Gasteiger partial charge is 0.0633 e. The van der Waals surface area contributed by atoms with Crippen LogP contribution in [0.25, 0.3) is 10.9 Å². The van der Waals surface area contributed by atoms with E-state index in [0.29, 0.717) is 0 Å². The van der Waals surface area contributed by atoms with E-state index in [1.165, 1.54) is 34.1 Å². The van der Waals surface area contributed by atoms with E-state index >= 15 is 0 Å². The van der Waals surface area contributed by atoms with E-state index < -0.39 is 0 Å². The Balaban J connectivity index is 1.97. The lowest BCUT2D eigenvalue weighted by molar-refractivity contribution is 0.534. The predicted molar refractivity (Wildman–Crippen MR) is 95.0 cm³/mol. The van der Waals surface area contributed by atoms with Gasteiger partial charge in [0.1, 0.15) is 0 Å². The van der Waals surface area contributed by atoms with Gasteiger partial charge in [-0.1, -0.05) is 42.5 Å². The summed E-state index contributed by atoms with van der Waals surface area (Å²) >= 11 is 3.75. The van der Waals surface area contributed by atoms with Crippen molar-refractivity contribution in [2.45, 2.75) is 31.8 Å². The highest BCUT2D eigenvalue weighted by Crippen LogP contribution is 2.39. The minimum atomic E-state index is 0.145. The van der Waals surface area contributed by atoms with Crippen LogP contribution in [0.2, 0.25) is 0 Å². The van der Waals surface area contributed by atoms with E-state index in [1.54, 1.807) is 0 Å². The first-order valence-electron chi connectivity index (χ1n) is 7.84. The molecular weight excluding hydrogens is 336 g/mol. The highest BCUT2D eigenvalue weighted by atomic mass is 79.9. The summed E-state index contributed by atoms with van der Waals surface area (Å²) in [5, 5.41) is 1.36. The van der Waals surface area contributed by atoms with Gasteiger partial charge in [-0.15, -0.1) is 0 Å². The van der Waals surface area contributed by atoms with Gasteiger partial charge in [-0.2, -0.15) is 0 Å². The first kappa shape index (κ1) is 14.0. The molecule has 1 aliphatic rings. The van der Waals surface area contributed by atoms with Gasteiger partial charge in [0, 0.05) is 28.1 Å². The first-order chi connectivity index (χ1) is 10.8. The molecule has 0 radical (unpaired) electrons. The van der Waals surface area contributed by atoms with Crippen molar-refractivity contribution in [1.82, 2.24) is 4.57 Å². The maximum Gasteiger partial charge on any atom is 0.0633 e. The van der Waals surface area contributed by atoms with E-state index in [4.69, 9.17) is 5.73 Å². The summed E-state index contributed by atoms with van der Waals surface area (Å²) in [7, 11) is 0. The molecule has 0 saturated heterocycles. The molecular formula is C19H19BrN2. The van der Waals surface area contributed by atoms with Crippen molar-refractivity contribution in [2.24, 2.45) is 5.73 Å². The number of aryl methyl sites for hydroxylation is 1. The second-order valence-corrected chi connectivity index (χ2v) is 6.92. The molecule has 2 nitrogen and oxygen atoms in total. The van der Waals surface area contributed by atoms with Crippen LogP contribution in [0.3, 0.4) is 0 Å². The number of hydrogen-bond acceptors (Lipinski definition) is 1. The third-order valence-electron chi connectivity index (χ3n) is 4.66. The summed E-state index contributed by atoms with van der Waals surface area (Å²) in [4.78, 5) is 0. The Morgan fingerprint density at radius 3 is 2.73 bits per heavy atom. The summed E-state index contributed by atoms with van der Waals surface area (Å²) < 4.78 is 3.58. The largest absolute Gasteiger partial charge is 0.337 e. The zero-order chi connectivity index (χ0) is 15.1. The Morgan fingerprint density at radius 1 is 1.09 bits per heavy atom. The van der Waals surface area contributed by atoms with Crippen LogP contribution in [0.4, 0.5) is 0 Å². The Bertz CT molecular complexity index is 820. The molecule has 112 valence electrons. The number of nitrogens with two attached hydrogens (primary N) is 1. The monoisotopic (exact) mass is 354 g/mol. The Morgan fingerprint density at radius 2 is 1.91 bits per heavy atom. The minimum absolute atomic E-state index is 0.145. The topological polar surface area (TPSA) is 30.9 Å². The van der Waals surface area contributed by atoms with Gasteiger partial charge in [0.15, 0.2) is 0 Å². The number of para-hydroxylation sites is 1. The lowest BCUT2D eigenvalue weighted by atomic mass is 9.92. The summed E-state index contributed by atoms with van der Waals surface area (Å²) in [6, 6.07) is 17.3. The van der Waals surface area contributed by atoms with Gasteiger partial charge in [-0.05, 0) is 52.4 Å². The second-order valence-electron chi connectivity index (χ2n) is 6.07. The molecule has 3 heteroatoms. The van der Waals surface area contributed by atoms with Crippen LogP contribution < -0.4 is 5.73 Å². The fourth-order valence-electron chi connectivity index (χ4n) is 3.71. The quantitative estimate of drug-likeness (QED) is 0.704. The predicted octanol–water partition coefficient (Wildman–Crippen LogP) is 4.79. The van der Waals surface area contributed by atoms with Crippen molar-refractivity contribution in [3.05, 3.63) is 69.8 Å². The molecule has 0 saturated carbocycles. The van der Waals surface area contributed by atoms with Gasteiger partial charge < -0.3 is 10.3 Å². The van der Waals surface area contributed by atoms with Gasteiger partial charge in [-0.3, -0.25) is 0 Å². The molecule has 0 bridgehead atoms. The molecule has 1 heterocycles. The molecule has 1 unspecified atom stereocenters. The van der Waals surface area contributed by atoms with Crippen LogP contribution >= 0.6 is 15.9 Å². The number of aromatic nitrogens is 1. The molecule has 0 amide bonds. The summed E-state index contributed by atoms with van der Waals surface area (Å²) in [5.74, 6) is 0. The standard InChI is InChI=1S/C19H19BrN2/c20-16-10-4-8-14-15-9-5-11-17(21)19(15)22(18(14)16)12-13-6-2-1-3-7-13/h1-4,6-8,10,17H,5,9,11-12,21H2. The van der Waals surface area contributed by atoms with Gasteiger partial charge >= 0.3 is 0 Å². The lowest BCUT2D eigenvalue weighted by Crippen LogP contribution is -2.21. The third-order valence-corrected chi connectivity index (χ3v) is 5.30. The number of benzene rings is 2. The fraction of sp³-hybridized carbons (Fsp3) is 0.263. The highest BCUT2D eigenvalue weighted by Gasteiger charge is 2.26. The first-order valence-corrected chi connectivity index (χ1v) is 8.64. The van der Waals surface area contributed by atoms with Crippen LogP contribution in [0, 0.1) is 0 Å². The Labute approximate surface area is 139 Å². The minimum Gasteiger partial charge on any atom is -0.337 e. The van der Waals surface area contributed by atoms with E-state index in [9.17, 15) is 0 Å². The molecule has 2 aromatic carbocycles. The van der Waals surface area contributed by atoms with E-state index in [2.05, 4.69) is 69.0 Å². The maximum absolute atomic E-state index is 6.48. The molecule has 0 fully saturated rings. The van der Waals surface area contributed by atoms with Crippen LogP contribution in [-0.2, 0) is 13.0 Å². The molecule has 3 aromatic rings. The zero-order valence-corrected chi connectivity index (χ0v) is 14.0. The Kier molecular flexibility index (Phi) is 3.55. The molecule has 22 heavy (non-hydrogen) atoms. The maximum atomic E-state index is 6.48. The van der Waals surface area contributed by atoms with Gasteiger partial charge in [0.05, 0.1) is 5.52 Å². The number of hydrogen-bond donors (Lipinski definition) is 1. The van der Waals surface area contributed by atoms with E-state index in [-0.39, 0.29) is 6.04 Å². The van der Waals surface area contributed by atoms with Crippen molar-refractivity contribution >= 4 is 26.8 Å². The van der Waals surface area contributed by atoms with Crippen LogP contribution in [0.5, 0.6) is 0 Å². The molecule has 1 aliphatic carbocycles. The fourth-order valence-corrected chi connectivity index (χ4v) is 4.29. The molecule has 0 spiro atoms. The van der Waals surface area contributed by atoms with Crippen molar-refractivity contribution in [1.29, 1.82) is 0 Å². The molecule has 0 aliphatic heterocycles. The zero-order valence-electron chi connectivity index (χ0n) is 12.4. The van der Waals surface area contributed by atoms with Crippen LogP contribution in [-0.4, -0.2) is 4.57 Å². The van der Waals surface area contributed by atoms with Crippen LogP contribution in [0.1, 0.15) is 35.7 Å². The third kappa shape index (κ3) is 2.20. The number of rotatable bonds is 2. The average Bonchev–Trinajstić information content (AvgIpc) is 2.85. The number of fused-ring (bicyclic) bond motifs is 3. The summed E-state index contributed by atoms with van der Waals surface area (Å²) in [6.07, 6.45) is 3.40. The Hall–Kier alpha value is -1.58. The number of nitrogens with zero attached hydrogens (tertiary/aromatic N) is 1. The SMILES string of the molecule is NC1CCCc2c1n(Cc1ccccc1)c1c(Br)cccc21. The molecule has 1 atom stereocenters.